The number of nitrogens with zero attached hydrogens (tertiary/aromatic N) is 2. The molecule has 0 radical (unpaired) electrons. The highest BCUT2D eigenvalue weighted by atomic mass is 16.3. The Kier molecular flexibility index (Phi) is 2.88. The molecule has 0 bridgehead atoms. The second kappa shape index (κ2) is 4.68. The van der Waals surface area contributed by atoms with Crippen molar-refractivity contribution in [1.82, 2.24) is 15.1 Å². The van der Waals surface area contributed by atoms with Crippen LogP contribution in [0.5, 0.6) is 0 Å². The van der Waals surface area contributed by atoms with Gasteiger partial charge in [-0.25, -0.2) is 0 Å². The lowest BCUT2D eigenvalue weighted by atomic mass is 10.1. The fourth-order valence-corrected chi connectivity index (χ4v) is 2.30. The number of carbonyl (C=O) groups is 1. The molecule has 1 aliphatic rings. The molecule has 3 rings (SSSR count). The van der Waals surface area contributed by atoms with E-state index in [1.807, 2.05) is 10.9 Å². The van der Waals surface area contributed by atoms with Gasteiger partial charge in [0, 0.05) is 24.3 Å². The molecule has 0 saturated heterocycles. The van der Waals surface area contributed by atoms with Crippen molar-refractivity contribution in [3.63, 3.8) is 0 Å². The van der Waals surface area contributed by atoms with Gasteiger partial charge in [-0.1, -0.05) is 0 Å². The molecule has 1 amide bonds. The first-order valence-electron chi connectivity index (χ1n) is 6.18. The minimum absolute atomic E-state index is 0.112. The summed E-state index contributed by atoms with van der Waals surface area (Å²) in [4.78, 5) is 11.8. The van der Waals surface area contributed by atoms with Gasteiger partial charge in [0.2, 0.25) is 0 Å². The Labute approximate surface area is 105 Å². The van der Waals surface area contributed by atoms with Crippen LogP contribution in [0.1, 0.15) is 34.5 Å². The van der Waals surface area contributed by atoms with Gasteiger partial charge in [0.25, 0.3) is 5.91 Å². The topological polar surface area (TPSA) is 60.1 Å². The number of fused-ring (bicyclic) bond motifs is 1. The Balaban J connectivity index is 1.67. The predicted octanol–water partition coefficient (Wildman–Crippen LogP) is 1.74. The van der Waals surface area contributed by atoms with E-state index in [9.17, 15) is 4.79 Å². The molecule has 0 fully saturated rings. The van der Waals surface area contributed by atoms with Crippen molar-refractivity contribution < 1.29 is 9.21 Å². The average molecular weight is 245 g/mol. The molecule has 1 N–H and O–H groups in total. The molecule has 94 valence electrons. The predicted molar refractivity (Wildman–Crippen MR) is 65.0 cm³/mol. The summed E-state index contributed by atoms with van der Waals surface area (Å²) in [5.41, 5.74) is 2.93. The minimum atomic E-state index is -0.112. The van der Waals surface area contributed by atoms with Crippen LogP contribution in [0.2, 0.25) is 0 Å². The second-order valence-electron chi connectivity index (χ2n) is 4.49. The third-order valence-electron chi connectivity index (χ3n) is 3.29. The van der Waals surface area contributed by atoms with Crippen LogP contribution in [0.3, 0.4) is 0 Å². The Bertz CT molecular complexity index is 543. The maximum Gasteiger partial charge on any atom is 0.254 e. The zero-order valence-electron chi connectivity index (χ0n) is 10.1. The van der Waals surface area contributed by atoms with Crippen LogP contribution in [-0.2, 0) is 19.5 Å². The zero-order chi connectivity index (χ0) is 12.4. The fraction of sp³-hybridized carbons (Fsp3) is 0.385. The quantitative estimate of drug-likeness (QED) is 0.896. The van der Waals surface area contributed by atoms with Crippen molar-refractivity contribution >= 4 is 5.91 Å². The number of hydrogen-bond acceptors (Lipinski definition) is 3. The van der Waals surface area contributed by atoms with Gasteiger partial charge in [0.15, 0.2) is 0 Å². The van der Waals surface area contributed by atoms with E-state index in [1.54, 1.807) is 6.07 Å². The van der Waals surface area contributed by atoms with Gasteiger partial charge in [0.05, 0.1) is 18.0 Å². The van der Waals surface area contributed by atoms with E-state index in [4.69, 9.17) is 4.42 Å². The first-order chi connectivity index (χ1) is 8.84. The van der Waals surface area contributed by atoms with Crippen LogP contribution in [0, 0.1) is 0 Å². The van der Waals surface area contributed by atoms with Gasteiger partial charge in [-0.15, -0.1) is 0 Å². The zero-order valence-corrected chi connectivity index (χ0v) is 10.1. The molecule has 5 nitrogen and oxygen atoms in total. The smallest absolute Gasteiger partial charge is 0.254 e. The molecule has 5 heteroatoms. The van der Waals surface area contributed by atoms with E-state index in [0.717, 1.165) is 18.5 Å². The number of rotatable bonds is 3. The molecule has 0 atom stereocenters. The summed E-state index contributed by atoms with van der Waals surface area (Å²) in [6.45, 7) is 1.52. The lowest BCUT2D eigenvalue weighted by molar-refractivity contribution is 0.0950. The van der Waals surface area contributed by atoms with Crippen molar-refractivity contribution in [1.29, 1.82) is 0 Å². The SMILES string of the molecule is O=C(NCc1cnn2c1CCCC2)c1ccoc1. The summed E-state index contributed by atoms with van der Waals surface area (Å²) >= 11 is 0. The number of nitrogens with one attached hydrogen (secondary N) is 1. The number of carbonyl (C=O) groups excluding carboxylic acids is 1. The Morgan fingerprint density at radius 1 is 1.50 bits per heavy atom. The van der Waals surface area contributed by atoms with Crippen molar-refractivity contribution in [2.45, 2.75) is 32.4 Å². The summed E-state index contributed by atoms with van der Waals surface area (Å²) in [6.07, 6.45) is 8.25. The summed E-state index contributed by atoms with van der Waals surface area (Å²) in [7, 11) is 0. The summed E-state index contributed by atoms with van der Waals surface area (Å²) in [6, 6.07) is 1.66. The van der Waals surface area contributed by atoms with Gasteiger partial charge in [-0.3, -0.25) is 9.48 Å². The Morgan fingerprint density at radius 3 is 3.28 bits per heavy atom. The van der Waals surface area contributed by atoms with Crippen LogP contribution in [0.4, 0.5) is 0 Å². The normalized spacial score (nSPS) is 14.2. The number of furan rings is 1. The van der Waals surface area contributed by atoms with E-state index in [1.165, 1.54) is 31.1 Å². The highest BCUT2D eigenvalue weighted by molar-refractivity contribution is 5.93. The van der Waals surface area contributed by atoms with E-state index < -0.39 is 0 Å². The highest BCUT2D eigenvalue weighted by Gasteiger charge is 2.15. The van der Waals surface area contributed by atoms with Crippen LogP contribution >= 0.6 is 0 Å². The Hall–Kier alpha value is -2.04. The van der Waals surface area contributed by atoms with Crippen LogP contribution in [0.25, 0.3) is 0 Å². The van der Waals surface area contributed by atoms with E-state index in [0.29, 0.717) is 12.1 Å². The maximum atomic E-state index is 11.8. The standard InChI is InChI=1S/C13H15N3O2/c17-13(10-4-6-18-9-10)14-7-11-8-15-16-5-2-1-3-12(11)16/h4,6,8-9H,1-3,5,7H2,(H,14,17). The summed E-state index contributed by atoms with van der Waals surface area (Å²) in [5, 5.41) is 7.23. The molecule has 0 unspecified atom stereocenters. The summed E-state index contributed by atoms with van der Waals surface area (Å²) in [5.74, 6) is -0.112. The first-order valence-corrected chi connectivity index (χ1v) is 6.18. The van der Waals surface area contributed by atoms with E-state index >= 15 is 0 Å². The van der Waals surface area contributed by atoms with E-state index in [2.05, 4.69) is 10.4 Å². The maximum absolute atomic E-state index is 11.8. The van der Waals surface area contributed by atoms with Crippen LogP contribution < -0.4 is 5.32 Å². The molecular weight excluding hydrogens is 230 g/mol. The fourth-order valence-electron chi connectivity index (χ4n) is 2.30. The molecule has 2 aromatic rings. The monoisotopic (exact) mass is 245 g/mol. The molecular formula is C13H15N3O2. The number of hydrogen-bond donors (Lipinski definition) is 1. The third-order valence-corrected chi connectivity index (χ3v) is 3.29. The van der Waals surface area contributed by atoms with Gasteiger partial charge in [-0.05, 0) is 25.3 Å². The largest absolute Gasteiger partial charge is 0.472 e. The molecule has 18 heavy (non-hydrogen) atoms. The van der Waals surface area contributed by atoms with Crippen LogP contribution in [-0.4, -0.2) is 15.7 Å². The van der Waals surface area contributed by atoms with Gasteiger partial charge in [0.1, 0.15) is 6.26 Å². The van der Waals surface area contributed by atoms with Gasteiger partial charge >= 0.3 is 0 Å². The molecule has 3 heterocycles. The molecule has 0 aromatic carbocycles. The van der Waals surface area contributed by atoms with Gasteiger partial charge < -0.3 is 9.73 Å². The highest BCUT2D eigenvalue weighted by Crippen LogP contribution is 2.17. The number of aromatic nitrogens is 2. The molecule has 2 aromatic heterocycles. The lowest BCUT2D eigenvalue weighted by Gasteiger charge is -2.14. The second-order valence-corrected chi connectivity index (χ2v) is 4.49. The minimum Gasteiger partial charge on any atom is -0.472 e. The van der Waals surface area contributed by atoms with Crippen LogP contribution in [0.15, 0.2) is 29.2 Å². The number of amides is 1. The molecule has 0 spiro atoms. The first kappa shape index (κ1) is 11.1. The van der Waals surface area contributed by atoms with Crippen molar-refractivity contribution in [2.24, 2.45) is 0 Å². The van der Waals surface area contributed by atoms with Crippen molar-refractivity contribution in [2.75, 3.05) is 0 Å². The summed E-state index contributed by atoms with van der Waals surface area (Å²) < 4.78 is 6.93. The van der Waals surface area contributed by atoms with Crippen molar-refractivity contribution in [3.8, 4) is 0 Å². The average Bonchev–Trinajstić information content (AvgIpc) is 3.06. The van der Waals surface area contributed by atoms with Gasteiger partial charge in [-0.2, -0.15) is 5.10 Å². The lowest BCUT2D eigenvalue weighted by Crippen LogP contribution is -2.23. The molecule has 0 saturated carbocycles. The molecule has 1 aliphatic heterocycles. The van der Waals surface area contributed by atoms with Crippen molar-refractivity contribution in [3.05, 3.63) is 41.6 Å². The third kappa shape index (κ3) is 2.03. The number of aryl methyl sites for hydroxylation is 1. The van der Waals surface area contributed by atoms with E-state index in [-0.39, 0.29) is 5.91 Å². The molecule has 0 aliphatic carbocycles. The Morgan fingerprint density at radius 2 is 2.44 bits per heavy atom.